The smallest absolute Gasteiger partial charge is 0.144 e. The van der Waals surface area contributed by atoms with Gasteiger partial charge in [-0.2, -0.15) is 0 Å². The number of aromatic nitrogens is 2. The molecule has 0 saturated heterocycles. The first-order valence-electron chi connectivity index (χ1n) is 6.28. The second kappa shape index (κ2) is 4.49. The molecule has 0 amide bonds. The number of halogens is 1. The number of fused-ring (bicyclic) bond motifs is 1. The molecule has 0 aliphatic carbocycles. The average Bonchev–Trinajstić information content (AvgIpc) is 2.66. The Morgan fingerprint density at radius 1 is 1.00 bits per heavy atom. The highest BCUT2D eigenvalue weighted by atomic mass is 79.9. The standard InChI is InChI=1S/C16H15BrN2/c1-10-8-13(17)5-7-15(10)19-9-11(2)14-6-4-12(3)18-16(14)19/h4-9H,1-3H3. The molecule has 3 rings (SSSR count). The molecular weight excluding hydrogens is 300 g/mol. The molecule has 0 radical (unpaired) electrons. The van der Waals surface area contributed by atoms with Crippen LogP contribution in [0.4, 0.5) is 0 Å². The highest BCUT2D eigenvalue weighted by Gasteiger charge is 2.10. The third kappa shape index (κ3) is 2.08. The second-order valence-corrected chi connectivity index (χ2v) is 5.85. The first kappa shape index (κ1) is 12.4. The van der Waals surface area contributed by atoms with Gasteiger partial charge in [-0.1, -0.05) is 15.9 Å². The van der Waals surface area contributed by atoms with Crippen molar-refractivity contribution in [1.29, 1.82) is 0 Å². The third-order valence-corrected chi connectivity index (χ3v) is 3.90. The lowest BCUT2D eigenvalue weighted by Crippen LogP contribution is -1.97. The zero-order valence-electron chi connectivity index (χ0n) is 11.2. The summed E-state index contributed by atoms with van der Waals surface area (Å²) in [5, 5.41) is 1.22. The largest absolute Gasteiger partial charge is 0.301 e. The normalized spacial score (nSPS) is 11.2. The van der Waals surface area contributed by atoms with Gasteiger partial charge >= 0.3 is 0 Å². The number of pyridine rings is 1. The predicted octanol–water partition coefficient (Wildman–Crippen LogP) is 4.71. The number of aryl methyl sites for hydroxylation is 3. The van der Waals surface area contributed by atoms with Crippen molar-refractivity contribution in [1.82, 2.24) is 9.55 Å². The molecule has 0 unspecified atom stereocenters. The van der Waals surface area contributed by atoms with Crippen molar-refractivity contribution in [2.75, 3.05) is 0 Å². The Hall–Kier alpha value is -1.61. The fourth-order valence-electron chi connectivity index (χ4n) is 2.43. The molecule has 19 heavy (non-hydrogen) atoms. The summed E-state index contributed by atoms with van der Waals surface area (Å²) < 4.78 is 3.28. The van der Waals surface area contributed by atoms with Crippen LogP contribution in [0.5, 0.6) is 0 Å². The van der Waals surface area contributed by atoms with E-state index in [1.807, 2.05) is 6.92 Å². The molecule has 0 fully saturated rings. The molecule has 3 aromatic rings. The van der Waals surface area contributed by atoms with Gasteiger partial charge in [0.15, 0.2) is 0 Å². The molecule has 0 atom stereocenters. The van der Waals surface area contributed by atoms with Crippen molar-refractivity contribution in [2.24, 2.45) is 0 Å². The summed E-state index contributed by atoms with van der Waals surface area (Å²) >= 11 is 3.51. The van der Waals surface area contributed by atoms with Gasteiger partial charge in [0, 0.05) is 27.4 Å². The minimum atomic E-state index is 1.03. The summed E-state index contributed by atoms with van der Waals surface area (Å²) in [5.41, 5.74) is 5.74. The van der Waals surface area contributed by atoms with Crippen molar-refractivity contribution in [2.45, 2.75) is 20.8 Å². The first-order valence-corrected chi connectivity index (χ1v) is 7.07. The van der Waals surface area contributed by atoms with Gasteiger partial charge in [-0.25, -0.2) is 4.98 Å². The summed E-state index contributed by atoms with van der Waals surface area (Å²) in [6.07, 6.45) is 2.16. The van der Waals surface area contributed by atoms with E-state index >= 15 is 0 Å². The molecule has 1 aromatic carbocycles. The van der Waals surface area contributed by atoms with Gasteiger partial charge in [0.05, 0.1) is 0 Å². The lowest BCUT2D eigenvalue weighted by Gasteiger charge is -2.09. The minimum Gasteiger partial charge on any atom is -0.301 e. The van der Waals surface area contributed by atoms with E-state index in [1.165, 1.54) is 22.2 Å². The fraction of sp³-hybridized carbons (Fsp3) is 0.188. The number of nitrogens with zero attached hydrogens (tertiary/aromatic N) is 2. The summed E-state index contributed by atoms with van der Waals surface area (Å²) in [4.78, 5) is 4.69. The highest BCUT2D eigenvalue weighted by molar-refractivity contribution is 9.10. The van der Waals surface area contributed by atoms with E-state index in [0.29, 0.717) is 0 Å². The Morgan fingerprint density at radius 3 is 2.53 bits per heavy atom. The Kier molecular flexibility index (Phi) is 2.94. The van der Waals surface area contributed by atoms with Gasteiger partial charge in [-0.3, -0.25) is 0 Å². The Morgan fingerprint density at radius 2 is 1.79 bits per heavy atom. The van der Waals surface area contributed by atoms with Crippen molar-refractivity contribution in [3.63, 3.8) is 0 Å². The van der Waals surface area contributed by atoms with Crippen LogP contribution in [-0.2, 0) is 0 Å². The maximum absolute atomic E-state index is 4.69. The summed E-state index contributed by atoms with van der Waals surface area (Å²) in [6, 6.07) is 10.5. The minimum absolute atomic E-state index is 1.03. The maximum atomic E-state index is 4.69. The molecule has 0 saturated carbocycles. The first-order chi connectivity index (χ1) is 9.06. The van der Waals surface area contributed by atoms with E-state index in [0.717, 1.165) is 15.8 Å². The Bertz CT molecular complexity index is 772. The van der Waals surface area contributed by atoms with Crippen LogP contribution in [0, 0.1) is 20.8 Å². The van der Waals surface area contributed by atoms with Gasteiger partial charge in [0.1, 0.15) is 5.65 Å². The zero-order chi connectivity index (χ0) is 13.6. The molecule has 2 heterocycles. The van der Waals surface area contributed by atoms with Crippen LogP contribution in [0.2, 0.25) is 0 Å². The van der Waals surface area contributed by atoms with E-state index in [-0.39, 0.29) is 0 Å². The molecule has 2 nitrogen and oxygen atoms in total. The Labute approximate surface area is 121 Å². The van der Waals surface area contributed by atoms with Crippen LogP contribution in [-0.4, -0.2) is 9.55 Å². The van der Waals surface area contributed by atoms with Gasteiger partial charge < -0.3 is 4.57 Å². The van der Waals surface area contributed by atoms with Gasteiger partial charge in [-0.15, -0.1) is 0 Å². The van der Waals surface area contributed by atoms with Crippen molar-refractivity contribution >= 4 is 27.0 Å². The number of benzene rings is 1. The van der Waals surface area contributed by atoms with Crippen molar-refractivity contribution in [3.8, 4) is 5.69 Å². The maximum Gasteiger partial charge on any atom is 0.144 e. The number of hydrogen-bond acceptors (Lipinski definition) is 1. The molecule has 0 aliphatic heterocycles. The monoisotopic (exact) mass is 314 g/mol. The molecule has 2 aromatic heterocycles. The van der Waals surface area contributed by atoms with Crippen molar-refractivity contribution in [3.05, 3.63) is 57.8 Å². The zero-order valence-corrected chi connectivity index (χ0v) is 12.8. The van der Waals surface area contributed by atoms with Crippen LogP contribution in [0.1, 0.15) is 16.8 Å². The quantitative estimate of drug-likeness (QED) is 0.636. The average molecular weight is 315 g/mol. The van der Waals surface area contributed by atoms with E-state index in [2.05, 4.69) is 75.9 Å². The van der Waals surface area contributed by atoms with E-state index in [1.54, 1.807) is 0 Å². The van der Waals surface area contributed by atoms with Crippen LogP contribution in [0.25, 0.3) is 16.7 Å². The molecular formula is C16H15BrN2. The van der Waals surface area contributed by atoms with Crippen LogP contribution < -0.4 is 0 Å². The number of hydrogen-bond donors (Lipinski definition) is 0. The lowest BCUT2D eigenvalue weighted by atomic mass is 10.2. The van der Waals surface area contributed by atoms with Gasteiger partial charge in [-0.05, 0) is 62.2 Å². The third-order valence-electron chi connectivity index (χ3n) is 3.41. The second-order valence-electron chi connectivity index (χ2n) is 4.94. The van der Waals surface area contributed by atoms with Crippen LogP contribution >= 0.6 is 15.9 Å². The van der Waals surface area contributed by atoms with E-state index in [4.69, 9.17) is 0 Å². The topological polar surface area (TPSA) is 17.8 Å². The molecule has 3 heteroatoms. The summed E-state index contributed by atoms with van der Waals surface area (Å²) in [5.74, 6) is 0. The summed E-state index contributed by atoms with van der Waals surface area (Å²) in [7, 11) is 0. The van der Waals surface area contributed by atoms with Gasteiger partial charge in [0.2, 0.25) is 0 Å². The van der Waals surface area contributed by atoms with Crippen LogP contribution in [0.3, 0.4) is 0 Å². The highest BCUT2D eigenvalue weighted by Crippen LogP contribution is 2.26. The lowest BCUT2D eigenvalue weighted by molar-refractivity contribution is 1.05. The van der Waals surface area contributed by atoms with Gasteiger partial charge in [0.25, 0.3) is 0 Å². The van der Waals surface area contributed by atoms with E-state index < -0.39 is 0 Å². The van der Waals surface area contributed by atoms with E-state index in [9.17, 15) is 0 Å². The summed E-state index contributed by atoms with van der Waals surface area (Å²) in [6.45, 7) is 6.28. The molecule has 0 bridgehead atoms. The Balaban J connectivity index is 2.33. The predicted molar refractivity (Wildman–Crippen MR) is 83.0 cm³/mol. The fourth-order valence-corrected chi connectivity index (χ4v) is 2.91. The SMILES string of the molecule is Cc1ccc2c(C)cn(-c3ccc(Br)cc3C)c2n1. The number of rotatable bonds is 1. The molecule has 0 aliphatic rings. The molecule has 96 valence electrons. The molecule has 0 spiro atoms. The van der Waals surface area contributed by atoms with Crippen LogP contribution in [0.15, 0.2) is 41.0 Å². The van der Waals surface area contributed by atoms with Crippen molar-refractivity contribution < 1.29 is 0 Å². The molecule has 0 N–H and O–H groups in total.